The fraction of sp³-hybridized carbons (Fsp3) is 0.909. The lowest BCUT2D eigenvalue weighted by atomic mass is 10.2. The lowest BCUT2D eigenvalue weighted by Crippen LogP contribution is -2.43. The predicted molar refractivity (Wildman–Crippen MR) is 57.4 cm³/mol. The summed E-state index contributed by atoms with van der Waals surface area (Å²) in [5, 5.41) is 3.25. The Kier molecular flexibility index (Phi) is 3.26. The van der Waals surface area contributed by atoms with Gasteiger partial charge in [0.2, 0.25) is 5.91 Å². The maximum atomic E-state index is 11.7. The molecule has 4 heteroatoms. The predicted octanol–water partition coefficient (Wildman–Crippen LogP) is 0.722. The molecule has 2 aliphatic rings. The minimum Gasteiger partial charge on any atom is -0.381 e. The van der Waals surface area contributed by atoms with Gasteiger partial charge in [-0.1, -0.05) is 6.92 Å². The van der Waals surface area contributed by atoms with Gasteiger partial charge in [0.05, 0.1) is 18.8 Å². The maximum absolute atomic E-state index is 11.7. The monoisotopic (exact) mass is 212 g/mol. The molecule has 3 unspecified atom stereocenters. The highest BCUT2D eigenvalue weighted by atomic mass is 16.5. The van der Waals surface area contributed by atoms with Crippen LogP contribution < -0.4 is 5.32 Å². The second-order valence-corrected chi connectivity index (χ2v) is 4.43. The van der Waals surface area contributed by atoms with Crippen LogP contribution in [0.5, 0.6) is 0 Å². The standard InChI is InChI=1S/C11H20N2O2/c1-3-10-12-7-11(14)13(10)8-4-5-9(6-8)15-2/h8-10,12H,3-7H2,1-2H3. The number of nitrogens with one attached hydrogen (secondary N) is 1. The van der Waals surface area contributed by atoms with Crippen molar-refractivity contribution in [3.63, 3.8) is 0 Å². The number of ether oxygens (including phenoxy) is 1. The highest BCUT2D eigenvalue weighted by Crippen LogP contribution is 2.29. The molecule has 1 N–H and O–H groups in total. The van der Waals surface area contributed by atoms with Gasteiger partial charge in [0.25, 0.3) is 0 Å². The third-order valence-corrected chi connectivity index (χ3v) is 3.58. The zero-order valence-electron chi connectivity index (χ0n) is 9.53. The van der Waals surface area contributed by atoms with Gasteiger partial charge in [0, 0.05) is 13.2 Å². The van der Waals surface area contributed by atoms with Crippen LogP contribution in [0.4, 0.5) is 0 Å². The van der Waals surface area contributed by atoms with E-state index in [1.165, 1.54) is 0 Å². The minimum absolute atomic E-state index is 0.248. The molecule has 15 heavy (non-hydrogen) atoms. The Hall–Kier alpha value is -0.610. The average Bonchev–Trinajstić information content (AvgIpc) is 2.83. The lowest BCUT2D eigenvalue weighted by Gasteiger charge is -2.29. The molecular weight excluding hydrogens is 192 g/mol. The van der Waals surface area contributed by atoms with Gasteiger partial charge >= 0.3 is 0 Å². The van der Waals surface area contributed by atoms with Crippen molar-refractivity contribution in [1.29, 1.82) is 0 Å². The van der Waals surface area contributed by atoms with Crippen molar-refractivity contribution in [3.8, 4) is 0 Å². The van der Waals surface area contributed by atoms with Crippen LogP contribution >= 0.6 is 0 Å². The first kappa shape index (κ1) is 10.9. The van der Waals surface area contributed by atoms with Crippen molar-refractivity contribution in [2.45, 2.75) is 50.9 Å². The number of carbonyl (C=O) groups excluding carboxylic acids is 1. The summed E-state index contributed by atoms with van der Waals surface area (Å²) in [4.78, 5) is 13.8. The van der Waals surface area contributed by atoms with Crippen LogP contribution in [0.15, 0.2) is 0 Å². The zero-order chi connectivity index (χ0) is 10.8. The molecule has 0 bridgehead atoms. The van der Waals surface area contributed by atoms with Gasteiger partial charge in [-0.05, 0) is 25.7 Å². The quantitative estimate of drug-likeness (QED) is 0.749. The molecule has 0 radical (unpaired) electrons. The summed E-state index contributed by atoms with van der Waals surface area (Å²) < 4.78 is 5.35. The third kappa shape index (κ3) is 2.01. The van der Waals surface area contributed by atoms with E-state index in [9.17, 15) is 4.79 Å². The Bertz CT molecular complexity index is 245. The molecule has 2 rings (SSSR count). The summed E-state index contributed by atoms with van der Waals surface area (Å²) in [7, 11) is 1.76. The molecule has 1 aliphatic carbocycles. The average molecular weight is 212 g/mol. The first-order chi connectivity index (χ1) is 7.26. The van der Waals surface area contributed by atoms with Gasteiger partial charge in [0.1, 0.15) is 0 Å². The van der Waals surface area contributed by atoms with E-state index < -0.39 is 0 Å². The lowest BCUT2D eigenvalue weighted by molar-refractivity contribution is -0.130. The minimum atomic E-state index is 0.248. The molecule has 1 saturated carbocycles. The number of hydrogen-bond donors (Lipinski definition) is 1. The fourth-order valence-electron chi connectivity index (χ4n) is 2.75. The number of amides is 1. The van der Waals surface area contributed by atoms with E-state index in [4.69, 9.17) is 4.74 Å². The molecule has 4 nitrogen and oxygen atoms in total. The first-order valence-electron chi connectivity index (χ1n) is 5.83. The van der Waals surface area contributed by atoms with Gasteiger partial charge in [-0.3, -0.25) is 10.1 Å². The summed E-state index contributed by atoms with van der Waals surface area (Å²) >= 11 is 0. The van der Waals surface area contributed by atoms with E-state index in [0.717, 1.165) is 25.7 Å². The first-order valence-corrected chi connectivity index (χ1v) is 5.83. The van der Waals surface area contributed by atoms with Crippen LogP contribution in [-0.4, -0.2) is 42.8 Å². The van der Waals surface area contributed by atoms with Crippen LogP contribution in [0.3, 0.4) is 0 Å². The van der Waals surface area contributed by atoms with Gasteiger partial charge < -0.3 is 9.64 Å². The molecule has 1 heterocycles. The summed E-state index contributed by atoms with van der Waals surface area (Å²) in [6.45, 7) is 2.62. The molecule has 0 aromatic heterocycles. The molecule has 0 aromatic carbocycles. The highest BCUT2D eigenvalue weighted by Gasteiger charge is 2.38. The zero-order valence-corrected chi connectivity index (χ0v) is 9.53. The summed E-state index contributed by atoms with van der Waals surface area (Å²) in [6.07, 6.45) is 4.75. The van der Waals surface area contributed by atoms with Gasteiger partial charge in [-0.25, -0.2) is 0 Å². The van der Waals surface area contributed by atoms with E-state index in [1.807, 2.05) is 4.90 Å². The topological polar surface area (TPSA) is 41.6 Å². The Morgan fingerprint density at radius 3 is 2.93 bits per heavy atom. The van der Waals surface area contributed by atoms with E-state index in [1.54, 1.807) is 7.11 Å². The second kappa shape index (κ2) is 4.49. The number of hydrogen-bond acceptors (Lipinski definition) is 3. The normalized spacial score (nSPS) is 36.5. The second-order valence-electron chi connectivity index (χ2n) is 4.43. The SMILES string of the molecule is CCC1NCC(=O)N1C1CCC(OC)C1. The van der Waals surface area contributed by atoms with Crippen LogP contribution in [0, 0.1) is 0 Å². The van der Waals surface area contributed by atoms with Crippen LogP contribution in [0.2, 0.25) is 0 Å². The van der Waals surface area contributed by atoms with Crippen molar-refractivity contribution in [3.05, 3.63) is 0 Å². The van der Waals surface area contributed by atoms with Gasteiger partial charge in [-0.2, -0.15) is 0 Å². The fourth-order valence-corrected chi connectivity index (χ4v) is 2.75. The number of methoxy groups -OCH3 is 1. The van der Waals surface area contributed by atoms with Gasteiger partial charge in [0.15, 0.2) is 0 Å². The highest BCUT2D eigenvalue weighted by molar-refractivity contribution is 5.81. The molecule has 0 aromatic rings. The van der Waals surface area contributed by atoms with E-state index >= 15 is 0 Å². The Balaban J connectivity index is 2.00. The molecule has 0 spiro atoms. The summed E-state index contributed by atoms with van der Waals surface area (Å²) in [5.41, 5.74) is 0. The van der Waals surface area contributed by atoms with Crippen molar-refractivity contribution in [2.24, 2.45) is 0 Å². The molecule has 86 valence electrons. The molecule has 1 amide bonds. The Morgan fingerprint density at radius 1 is 1.53 bits per heavy atom. The third-order valence-electron chi connectivity index (χ3n) is 3.58. The Morgan fingerprint density at radius 2 is 2.33 bits per heavy atom. The number of rotatable bonds is 3. The van der Waals surface area contributed by atoms with E-state index in [-0.39, 0.29) is 12.1 Å². The van der Waals surface area contributed by atoms with Crippen molar-refractivity contribution in [1.82, 2.24) is 10.2 Å². The molecule has 1 aliphatic heterocycles. The van der Waals surface area contributed by atoms with Crippen molar-refractivity contribution >= 4 is 5.91 Å². The van der Waals surface area contributed by atoms with Crippen molar-refractivity contribution in [2.75, 3.05) is 13.7 Å². The van der Waals surface area contributed by atoms with Gasteiger partial charge in [-0.15, -0.1) is 0 Å². The number of carbonyl (C=O) groups is 1. The van der Waals surface area contributed by atoms with E-state index in [2.05, 4.69) is 12.2 Å². The van der Waals surface area contributed by atoms with Crippen LogP contribution in [0.25, 0.3) is 0 Å². The van der Waals surface area contributed by atoms with E-state index in [0.29, 0.717) is 18.7 Å². The number of nitrogens with zero attached hydrogens (tertiary/aromatic N) is 1. The molecule has 1 saturated heterocycles. The molecule has 3 atom stereocenters. The summed E-state index contributed by atoms with van der Waals surface area (Å²) in [6, 6.07) is 0.391. The Labute approximate surface area is 91.0 Å². The van der Waals surface area contributed by atoms with Crippen LogP contribution in [0.1, 0.15) is 32.6 Å². The smallest absolute Gasteiger partial charge is 0.238 e. The largest absolute Gasteiger partial charge is 0.381 e. The summed E-state index contributed by atoms with van der Waals surface area (Å²) in [5.74, 6) is 0.253. The maximum Gasteiger partial charge on any atom is 0.238 e. The molecular formula is C11H20N2O2. The van der Waals surface area contributed by atoms with Crippen LogP contribution in [-0.2, 0) is 9.53 Å². The molecule has 2 fully saturated rings. The van der Waals surface area contributed by atoms with Crippen molar-refractivity contribution < 1.29 is 9.53 Å².